The van der Waals surface area contributed by atoms with Gasteiger partial charge in [0, 0.05) is 0 Å². The molecule has 0 bridgehead atoms. The number of carboxylic acids is 1. The number of nitrogens with one attached hydrogen (secondary N) is 1. The summed E-state index contributed by atoms with van der Waals surface area (Å²) in [6.07, 6.45) is 0. The summed E-state index contributed by atoms with van der Waals surface area (Å²) in [5, 5.41) is 11.3. The lowest BCUT2D eigenvalue weighted by atomic mass is 10.1. The molecule has 0 saturated heterocycles. The Morgan fingerprint density at radius 2 is 1.52 bits per heavy atom. The number of nitrogens with two attached hydrogens (primary N) is 1. The van der Waals surface area contributed by atoms with Gasteiger partial charge in [-0.05, 0) is 24.3 Å². The monoisotopic (exact) mass is 300 g/mol. The minimum atomic E-state index is -1.72. The number of hydrogen-bond acceptors (Lipinski definition) is 3. The van der Waals surface area contributed by atoms with E-state index in [2.05, 4.69) is 5.32 Å². The van der Waals surface area contributed by atoms with E-state index < -0.39 is 46.2 Å². The summed E-state index contributed by atoms with van der Waals surface area (Å²) in [4.78, 5) is 11.1. The number of carboxylic acid groups (broad SMARTS) is 1. The van der Waals surface area contributed by atoms with E-state index in [1.165, 1.54) is 0 Å². The van der Waals surface area contributed by atoms with Crippen molar-refractivity contribution in [2.75, 3.05) is 11.1 Å². The molecule has 0 unspecified atom stereocenters. The molecule has 0 fully saturated rings. The van der Waals surface area contributed by atoms with Crippen molar-refractivity contribution in [3.8, 4) is 0 Å². The van der Waals surface area contributed by atoms with E-state index in [0.717, 1.165) is 18.2 Å². The topological polar surface area (TPSA) is 75.3 Å². The number of halogens is 4. The van der Waals surface area contributed by atoms with Gasteiger partial charge in [-0.2, -0.15) is 0 Å². The molecule has 0 amide bonds. The Labute approximate surface area is 115 Å². The SMILES string of the molecule is Nc1c(F)ccc(Nc2ccc(F)c(F)c2F)c1C(=O)O. The molecule has 0 heterocycles. The molecule has 21 heavy (non-hydrogen) atoms. The highest BCUT2D eigenvalue weighted by Gasteiger charge is 2.20. The first kappa shape index (κ1) is 14.6. The van der Waals surface area contributed by atoms with Crippen LogP contribution in [-0.4, -0.2) is 11.1 Å². The van der Waals surface area contributed by atoms with E-state index in [4.69, 9.17) is 10.8 Å². The van der Waals surface area contributed by atoms with Crippen LogP contribution in [0.15, 0.2) is 24.3 Å². The van der Waals surface area contributed by atoms with E-state index in [9.17, 15) is 22.4 Å². The smallest absolute Gasteiger partial charge is 0.340 e. The molecule has 0 aliphatic carbocycles. The van der Waals surface area contributed by atoms with Crippen LogP contribution >= 0.6 is 0 Å². The summed E-state index contributed by atoms with van der Waals surface area (Å²) in [5.41, 5.74) is 3.24. The summed E-state index contributed by atoms with van der Waals surface area (Å²) in [7, 11) is 0. The van der Waals surface area contributed by atoms with Crippen LogP contribution in [0.2, 0.25) is 0 Å². The standard InChI is InChI=1S/C13H8F4N2O2/c14-5-1-4-8(11(17)10(5)16)19-7-3-2-6(15)12(18)9(7)13(20)21/h1-4,19H,18H2,(H,20,21). The average molecular weight is 300 g/mol. The third kappa shape index (κ3) is 2.60. The Hall–Kier alpha value is -2.77. The van der Waals surface area contributed by atoms with Crippen LogP contribution in [0.25, 0.3) is 0 Å². The number of benzene rings is 2. The van der Waals surface area contributed by atoms with Crippen molar-refractivity contribution in [1.29, 1.82) is 0 Å². The minimum absolute atomic E-state index is 0.258. The fourth-order valence-corrected chi connectivity index (χ4v) is 1.70. The van der Waals surface area contributed by atoms with Crippen LogP contribution in [0.5, 0.6) is 0 Å². The maximum absolute atomic E-state index is 13.5. The first-order chi connectivity index (χ1) is 9.82. The van der Waals surface area contributed by atoms with Gasteiger partial charge in [0.15, 0.2) is 17.5 Å². The van der Waals surface area contributed by atoms with E-state index in [1.54, 1.807) is 0 Å². The predicted molar refractivity (Wildman–Crippen MR) is 67.4 cm³/mol. The van der Waals surface area contributed by atoms with Gasteiger partial charge in [0.2, 0.25) is 0 Å². The van der Waals surface area contributed by atoms with Gasteiger partial charge in [-0.1, -0.05) is 0 Å². The molecule has 0 radical (unpaired) electrons. The number of aromatic carboxylic acids is 1. The molecule has 0 spiro atoms. The second-order valence-corrected chi connectivity index (χ2v) is 4.04. The molecule has 4 N–H and O–H groups in total. The van der Waals surface area contributed by atoms with E-state index >= 15 is 0 Å². The van der Waals surface area contributed by atoms with Crippen LogP contribution in [0.1, 0.15) is 10.4 Å². The normalized spacial score (nSPS) is 10.5. The number of anilines is 3. The molecule has 2 rings (SSSR count). The first-order valence-electron chi connectivity index (χ1n) is 5.54. The number of hydrogen-bond donors (Lipinski definition) is 3. The Morgan fingerprint density at radius 3 is 2.14 bits per heavy atom. The zero-order chi connectivity index (χ0) is 15.7. The largest absolute Gasteiger partial charge is 0.478 e. The Balaban J connectivity index is 2.53. The van der Waals surface area contributed by atoms with Crippen LogP contribution in [0.4, 0.5) is 34.6 Å². The third-order valence-corrected chi connectivity index (χ3v) is 2.71. The van der Waals surface area contributed by atoms with Gasteiger partial charge in [-0.25, -0.2) is 22.4 Å². The molecule has 0 aliphatic heterocycles. The van der Waals surface area contributed by atoms with Gasteiger partial charge in [-0.3, -0.25) is 0 Å². The zero-order valence-corrected chi connectivity index (χ0v) is 10.3. The molecule has 0 aromatic heterocycles. The van der Waals surface area contributed by atoms with Gasteiger partial charge in [0.1, 0.15) is 11.4 Å². The van der Waals surface area contributed by atoms with Crippen molar-refractivity contribution < 1.29 is 27.5 Å². The lowest BCUT2D eigenvalue weighted by Crippen LogP contribution is -2.09. The van der Waals surface area contributed by atoms with Crippen molar-refractivity contribution in [3.05, 3.63) is 53.1 Å². The number of nitrogen functional groups attached to an aromatic ring is 1. The molecule has 2 aromatic rings. The third-order valence-electron chi connectivity index (χ3n) is 2.71. The van der Waals surface area contributed by atoms with Crippen molar-refractivity contribution in [1.82, 2.24) is 0 Å². The second-order valence-electron chi connectivity index (χ2n) is 4.04. The van der Waals surface area contributed by atoms with Crippen molar-refractivity contribution >= 4 is 23.0 Å². The molecule has 0 saturated carbocycles. The maximum atomic E-state index is 13.5. The summed E-state index contributed by atoms with van der Waals surface area (Å²) >= 11 is 0. The van der Waals surface area contributed by atoms with Crippen LogP contribution in [-0.2, 0) is 0 Å². The number of carbonyl (C=O) groups is 1. The summed E-state index contributed by atoms with van der Waals surface area (Å²) in [6, 6.07) is 3.39. The van der Waals surface area contributed by atoms with Gasteiger partial charge in [-0.15, -0.1) is 0 Å². The number of rotatable bonds is 3. The lowest BCUT2D eigenvalue weighted by Gasteiger charge is -2.13. The highest BCUT2D eigenvalue weighted by Crippen LogP contribution is 2.30. The molecule has 8 heteroatoms. The first-order valence-corrected chi connectivity index (χ1v) is 5.54. The Bertz CT molecular complexity index is 735. The Morgan fingerprint density at radius 1 is 0.952 bits per heavy atom. The molecular formula is C13H8F4N2O2. The van der Waals surface area contributed by atoms with Crippen molar-refractivity contribution in [3.63, 3.8) is 0 Å². The van der Waals surface area contributed by atoms with Crippen molar-refractivity contribution in [2.45, 2.75) is 0 Å². The molecular weight excluding hydrogens is 292 g/mol. The molecule has 110 valence electrons. The van der Waals surface area contributed by atoms with Gasteiger partial charge < -0.3 is 16.2 Å². The van der Waals surface area contributed by atoms with Crippen molar-refractivity contribution in [2.24, 2.45) is 0 Å². The lowest BCUT2D eigenvalue weighted by molar-refractivity contribution is 0.0698. The van der Waals surface area contributed by atoms with Gasteiger partial charge >= 0.3 is 5.97 Å². The van der Waals surface area contributed by atoms with E-state index in [0.29, 0.717) is 6.07 Å². The fraction of sp³-hybridized carbons (Fsp3) is 0. The quantitative estimate of drug-likeness (QED) is 0.462. The molecule has 4 nitrogen and oxygen atoms in total. The van der Waals surface area contributed by atoms with Gasteiger partial charge in [0.05, 0.1) is 17.1 Å². The summed E-state index contributed by atoms with van der Waals surface area (Å²) < 4.78 is 52.7. The summed E-state index contributed by atoms with van der Waals surface area (Å²) in [5.74, 6) is -7.17. The average Bonchev–Trinajstić information content (AvgIpc) is 2.43. The molecule has 0 atom stereocenters. The second kappa shape index (κ2) is 5.31. The Kier molecular flexibility index (Phi) is 3.70. The van der Waals surface area contributed by atoms with Crippen LogP contribution in [0.3, 0.4) is 0 Å². The maximum Gasteiger partial charge on any atom is 0.340 e. The molecule has 2 aromatic carbocycles. The predicted octanol–water partition coefficient (Wildman–Crippen LogP) is 3.27. The highest BCUT2D eigenvalue weighted by molar-refractivity contribution is 6.00. The van der Waals surface area contributed by atoms with E-state index in [1.807, 2.05) is 0 Å². The van der Waals surface area contributed by atoms with Crippen LogP contribution < -0.4 is 11.1 Å². The fourth-order valence-electron chi connectivity index (χ4n) is 1.70. The van der Waals surface area contributed by atoms with Crippen LogP contribution in [0, 0.1) is 23.3 Å². The zero-order valence-electron chi connectivity index (χ0n) is 10.3. The van der Waals surface area contributed by atoms with E-state index in [-0.39, 0.29) is 5.69 Å². The minimum Gasteiger partial charge on any atom is -0.478 e. The highest BCUT2D eigenvalue weighted by atomic mass is 19.2. The summed E-state index contributed by atoms with van der Waals surface area (Å²) in [6.45, 7) is 0. The molecule has 0 aliphatic rings. The van der Waals surface area contributed by atoms with Gasteiger partial charge in [0.25, 0.3) is 0 Å².